The van der Waals surface area contributed by atoms with Crippen LogP contribution in [0.25, 0.3) is 21.3 Å². The topological polar surface area (TPSA) is 29.0 Å². The van der Waals surface area contributed by atoms with Crippen molar-refractivity contribution in [2.75, 3.05) is 13.6 Å². The molecule has 0 fully saturated rings. The van der Waals surface area contributed by atoms with Crippen LogP contribution >= 0.6 is 11.3 Å². The molecule has 1 aliphatic heterocycles. The standard InChI is InChI=1S/C22H19N3S/c1-25-13-18-10-17(21-12-23-7-8-24-21)4-5-19(18)20(14-25)16-3-2-15-6-9-26-22(15)11-16/h2-12,20H,13-14H2,1H3. The summed E-state index contributed by atoms with van der Waals surface area (Å²) >= 11 is 1.82. The molecule has 0 amide bonds. The second kappa shape index (κ2) is 6.31. The Labute approximate surface area is 157 Å². The van der Waals surface area contributed by atoms with Gasteiger partial charge in [-0.15, -0.1) is 11.3 Å². The molecule has 26 heavy (non-hydrogen) atoms. The van der Waals surface area contributed by atoms with E-state index in [-0.39, 0.29) is 0 Å². The number of aromatic nitrogens is 2. The number of hydrogen-bond acceptors (Lipinski definition) is 4. The van der Waals surface area contributed by atoms with Crippen molar-refractivity contribution in [3.63, 3.8) is 0 Å². The summed E-state index contributed by atoms with van der Waals surface area (Å²) in [5, 5.41) is 3.50. The fraction of sp³-hybridized carbons (Fsp3) is 0.182. The third-order valence-corrected chi connectivity index (χ3v) is 6.07. The van der Waals surface area contributed by atoms with E-state index in [1.165, 1.54) is 26.8 Å². The smallest absolute Gasteiger partial charge is 0.0885 e. The van der Waals surface area contributed by atoms with Gasteiger partial charge in [0.1, 0.15) is 0 Å². The molecule has 2 aromatic heterocycles. The zero-order chi connectivity index (χ0) is 17.5. The second-order valence-corrected chi connectivity index (χ2v) is 7.92. The fourth-order valence-corrected chi connectivity index (χ4v) is 4.77. The number of nitrogens with zero attached hydrogens (tertiary/aromatic N) is 3. The minimum absolute atomic E-state index is 0.408. The Morgan fingerprint density at radius 1 is 1.08 bits per heavy atom. The second-order valence-electron chi connectivity index (χ2n) is 6.97. The fourth-order valence-electron chi connectivity index (χ4n) is 3.93. The van der Waals surface area contributed by atoms with Crippen LogP contribution < -0.4 is 0 Å². The van der Waals surface area contributed by atoms with Gasteiger partial charge in [-0.25, -0.2) is 0 Å². The molecule has 128 valence electrons. The van der Waals surface area contributed by atoms with Crippen molar-refractivity contribution in [3.8, 4) is 11.3 Å². The predicted molar refractivity (Wildman–Crippen MR) is 107 cm³/mol. The number of likely N-dealkylation sites (N-methyl/N-ethyl adjacent to an activating group) is 1. The normalized spacial score (nSPS) is 17.3. The molecule has 0 aliphatic carbocycles. The van der Waals surface area contributed by atoms with Gasteiger partial charge in [0.15, 0.2) is 0 Å². The minimum atomic E-state index is 0.408. The van der Waals surface area contributed by atoms with Crippen LogP contribution in [0.2, 0.25) is 0 Å². The molecule has 5 rings (SSSR count). The third-order valence-electron chi connectivity index (χ3n) is 5.19. The number of benzene rings is 2. The molecule has 0 bridgehead atoms. The zero-order valence-electron chi connectivity index (χ0n) is 14.6. The van der Waals surface area contributed by atoms with Gasteiger partial charge in [0.25, 0.3) is 0 Å². The van der Waals surface area contributed by atoms with Gasteiger partial charge in [0.2, 0.25) is 0 Å². The van der Waals surface area contributed by atoms with Crippen molar-refractivity contribution in [2.24, 2.45) is 0 Å². The lowest BCUT2D eigenvalue weighted by Crippen LogP contribution is -2.31. The van der Waals surface area contributed by atoms with Gasteiger partial charge < -0.3 is 4.90 Å². The van der Waals surface area contributed by atoms with Gasteiger partial charge in [-0.3, -0.25) is 9.97 Å². The van der Waals surface area contributed by atoms with E-state index in [4.69, 9.17) is 0 Å². The number of thiophene rings is 1. The third kappa shape index (κ3) is 2.71. The lowest BCUT2D eigenvalue weighted by molar-refractivity contribution is 0.295. The molecule has 4 aromatic rings. The van der Waals surface area contributed by atoms with Crippen molar-refractivity contribution < 1.29 is 0 Å². The predicted octanol–water partition coefficient (Wildman–Crippen LogP) is 4.94. The molecule has 3 nitrogen and oxygen atoms in total. The Kier molecular flexibility index (Phi) is 3.80. The van der Waals surface area contributed by atoms with Crippen LogP contribution in [-0.4, -0.2) is 28.5 Å². The molecule has 0 saturated heterocycles. The van der Waals surface area contributed by atoms with E-state index in [1.54, 1.807) is 12.4 Å². The van der Waals surface area contributed by atoms with Crippen molar-refractivity contribution in [1.82, 2.24) is 14.9 Å². The summed E-state index contributed by atoms with van der Waals surface area (Å²) in [6.07, 6.45) is 5.29. The van der Waals surface area contributed by atoms with E-state index < -0.39 is 0 Å². The Morgan fingerprint density at radius 3 is 2.92 bits per heavy atom. The zero-order valence-corrected chi connectivity index (χ0v) is 15.4. The first-order valence-corrected chi connectivity index (χ1v) is 9.71. The van der Waals surface area contributed by atoms with Gasteiger partial charge >= 0.3 is 0 Å². The van der Waals surface area contributed by atoms with E-state index in [0.717, 1.165) is 24.3 Å². The van der Waals surface area contributed by atoms with Crippen LogP contribution in [0.3, 0.4) is 0 Å². The number of rotatable bonds is 2. The molecule has 1 atom stereocenters. The number of fused-ring (bicyclic) bond motifs is 2. The lowest BCUT2D eigenvalue weighted by Gasteiger charge is -2.33. The highest BCUT2D eigenvalue weighted by atomic mass is 32.1. The summed E-state index contributed by atoms with van der Waals surface area (Å²) in [4.78, 5) is 11.1. The molecule has 2 aromatic carbocycles. The molecule has 4 heteroatoms. The molecule has 0 radical (unpaired) electrons. The van der Waals surface area contributed by atoms with Crippen molar-refractivity contribution in [1.29, 1.82) is 0 Å². The van der Waals surface area contributed by atoms with Crippen LogP contribution in [-0.2, 0) is 6.54 Å². The first-order valence-electron chi connectivity index (χ1n) is 8.83. The van der Waals surface area contributed by atoms with Crippen molar-refractivity contribution in [2.45, 2.75) is 12.5 Å². The van der Waals surface area contributed by atoms with E-state index >= 15 is 0 Å². The van der Waals surface area contributed by atoms with Crippen LogP contribution in [0.1, 0.15) is 22.6 Å². The molecule has 3 heterocycles. The van der Waals surface area contributed by atoms with Crippen LogP contribution in [0.4, 0.5) is 0 Å². The average Bonchev–Trinajstić information content (AvgIpc) is 3.15. The summed E-state index contributed by atoms with van der Waals surface area (Å²) in [7, 11) is 2.20. The highest BCUT2D eigenvalue weighted by Crippen LogP contribution is 2.36. The Morgan fingerprint density at radius 2 is 2.04 bits per heavy atom. The van der Waals surface area contributed by atoms with Crippen LogP contribution in [0.5, 0.6) is 0 Å². The van der Waals surface area contributed by atoms with Gasteiger partial charge in [-0.05, 0) is 52.7 Å². The van der Waals surface area contributed by atoms with Crippen LogP contribution in [0.15, 0.2) is 66.4 Å². The molecule has 1 unspecified atom stereocenters. The van der Waals surface area contributed by atoms with Gasteiger partial charge in [-0.1, -0.05) is 24.3 Å². The highest BCUT2D eigenvalue weighted by Gasteiger charge is 2.25. The summed E-state index contributed by atoms with van der Waals surface area (Å²) in [5.41, 5.74) is 6.30. The van der Waals surface area contributed by atoms with Crippen LogP contribution in [0, 0.1) is 0 Å². The maximum absolute atomic E-state index is 4.45. The van der Waals surface area contributed by atoms with Crippen molar-refractivity contribution >= 4 is 21.4 Å². The molecule has 1 aliphatic rings. The van der Waals surface area contributed by atoms with E-state index in [9.17, 15) is 0 Å². The lowest BCUT2D eigenvalue weighted by atomic mass is 9.84. The van der Waals surface area contributed by atoms with E-state index in [1.807, 2.05) is 17.5 Å². The van der Waals surface area contributed by atoms with Crippen molar-refractivity contribution in [3.05, 3.63) is 83.1 Å². The summed E-state index contributed by atoms with van der Waals surface area (Å²) in [6, 6.07) is 15.9. The minimum Gasteiger partial charge on any atom is -0.301 e. The van der Waals surface area contributed by atoms with Gasteiger partial charge in [-0.2, -0.15) is 0 Å². The summed E-state index contributed by atoms with van der Waals surface area (Å²) < 4.78 is 1.37. The largest absolute Gasteiger partial charge is 0.301 e. The van der Waals surface area contributed by atoms with E-state index in [2.05, 4.69) is 69.8 Å². The summed E-state index contributed by atoms with van der Waals surface area (Å²) in [6.45, 7) is 2.02. The Bertz CT molecular complexity index is 1070. The van der Waals surface area contributed by atoms with Gasteiger partial charge in [0.05, 0.1) is 11.9 Å². The average molecular weight is 357 g/mol. The Hall–Kier alpha value is -2.56. The molecule has 0 spiro atoms. The maximum Gasteiger partial charge on any atom is 0.0885 e. The maximum atomic E-state index is 4.45. The monoisotopic (exact) mass is 357 g/mol. The number of hydrogen-bond donors (Lipinski definition) is 0. The molecular weight excluding hydrogens is 338 g/mol. The van der Waals surface area contributed by atoms with E-state index in [0.29, 0.717) is 5.92 Å². The summed E-state index contributed by atoms with van der Waals surface area (Å²) in [5.74, 6) is 0.408. The molecule has 0 N–H and O–H groups in total. The highest BCUT2D eigenvalue weighted by molar-refractivity contribution is 7.17. The first-order chi connectivity index (χ1) is 12.8. The molecular formula is C22H19N3S. The van der Waals surface area contributed by atoms with Gasteiger partial charge in [0, 0.05) is 41.7 Å². The quantitative estimate of drug-likeness (QED) is 0.509. The first kappa shape index (κ1) is 15.7. The Balaban J connectivity index is 1.59. The SMILES string of the molecule is CN1Cc2cc(-c3cnccn3)ccc2C(c2ccc3ccsc3c2)C1. The molecule has 0 saturated carbocycles.